The molecular formula is C12H24N2. The topological polar surface area (TPSA) is 15.3 Å². The molecule has 14 heavy (non-hydrogen) atoms. The van der Waals surface area contributed by atoms with E-state index >= 15 is 0 Å². The van der Waals surface area contributed by atoms with Gasteiger partial charge in [-0.15, -0.1) is 0 Å². The molecule has 0 aromatic rings. The second kappa shape index (κ2) is 5.13. The van der Waals surface area contributed by atoms with Crippen LogP contribution in [0, 0.1) is 5.92 Å². The lowest BCUT2D eigenvalue weighted by Crippen LogP contribution is -2.37. The highest BCUT2D eigenvalue weighted by Gasteiger charge is 2.20. The first-order chi connectivity index (χ1) is 6.84. The quantitative estimate of drug-likeness (QED) is 0.738. The maximum Gasteiger partial charge on any atom is 0.0195 e. The molecule has 2 fully saturated rings. The highest BCUT2D eigenvalue weighted by Crippen LogP contribution is 2.25. The van der Waals surface area contributed by atoms with E-state index in [9.17, 15) is 0 Å². The van der Waals surface area contributed by atoms with Crippen molar-refractivity contribution in [3.8, 4) is 0 Å². The van der Waals surface area contributed by atoms with Gasteiger partial charge in [-0.3, -0.25) is 0 Å². The maximum atomic E-state index is 3.57. The van der Waals surface area contributed by atoms with Gasteiger partial charge in [0.1, 0.15) is 0 Å². The minimum Gasteiger partial charge on any atom is -0.313 e. The summed E-state index contributed by atoms with van der Waals surface area (Å²) in [6.07, 6.45) is 8.65. The summed E-state index contributed by atoms with van der Waals surface area (Å²) in [5.41, 5.74) is 0. The Morgan fingerprint density at radius 3 is 2.50 bits per heavy atom. The number of likely N-dealkylation sites (N-methyl/N-ethyl adjacent to an activating group) is 1. The number of hydrogen-bond donors (Lipinski definition) is 1. The van der Waals surface area contributed by atoms with Gasteiger partial charge in [0.25, 0.3) is 0 Å². The van der Waals surface area contributed by atoms with Crippen LogP contribution >= 0.6 is 0 Å². The summed E-state index contributed by atoms with van der Waals surface area (Å²) in [4.78, 5) is 2.54. The molecular weight excluding hydrogens is 172 g/mol. The fourth-order valence-corrected chi connectivity index (χ4v) is 3.00. The summed E-state index contributed by atoms with van der Waals surface area (Å²) in [5, 5.41) is 3.57. The molecule has 2 nitrogen and oxygen atoms in total. The molecule has 82 valence electrons. The minimum atomic E-state index is 0.779. The van der Waals surface area contributed by atoms with E-state index in [1.807, 2.05) is 0 Å². The van der Waals surface area contributed by atoms with E-state index in [4.69, 9.17) is 0 Å². The summed E-state index contributed by atoms with van der Waals surface area (Å²) < 4.78 is 0. The predicted octanol–water partition coefficient (Wildman–Crippen LogP) is 1.86. The third kappa shape index (κ3) is 2.96. The van der Waals surface area contributed by atoms with Gasteiger partial charge in [-0.25, -0.2) is 0 Å². The fourth-order valence-electron chi connectivity index (χ4n) is 3.00. The fraction of sp³-hybridized carbons (Fsp3) is 1.00. The predicted molar refractivity (Wildman–Crippen MR) is 60.5 cm³/mol. The molecule has 1 N–H and O–H groups in total. The second-order valence-corrected chi connectivity index (χ2v) is 5.16. The third-order valence-electron chi connectivity index (χ3n) is 3.74. The minimum absolute atomic E-state index is 0.779. The highest BCUT2D eigenvalue weighted by atomic mass is 15.1. The van der Waals surface area contributed by atoms with Crippen LogP contribution in [-0.2, 0) is 0 Å². The Hall–Kier alpha value is -0.0800. The molecule has 1 unspecified atom stereocenters. The zero-order valence-corrected chi connectivity index (χ0v) is 9.47. The van der Waals surface area contributed by atoms with Crippen molar-refractivity contribution in [2.75, 3.05) is 26.7 Å². The van der Waals surface area contributed by atoms with E-state index < -0.39 is 0 Å². The molecule has 2 aliphatic rings. The maximum absolute atomic E-state index is 3.57. The van der Waals surface area contributed by atoms with Crippen LogP contribution in [0.25, 0.3) is 0 Å². The Bertz CT molecular complexity index is 140. The van der Waals surface area contributed by atoms with Gasteiger partial charge < -0.3 is 10.2 Å². The first kappa shape index (κ1) is 10.4. The first-order valence-corrected chi connectivity index (χ1v) is 6.26. The van der Waals surface area contributed by atoms with Gasteiger partial charge in [-0.1, -0.05) is 12.8 Å². The molecule has 0 aromatic heterocycles. The van der Waals surface area contributed by atoms with Crippen LogP contribution < -0.4 is 5.32 Å². The van der Waals surface area contributed by atoms with Crippen LogP contribution in [-0.4, -0.2) is 37.6 Å². The van der Waals surface area contributed by atoms with Gasteiger partial charge in [-0.05, 0) is 45.2 Å². The van der Waals surface area contributed by atoms with Crippen molar-refractivity contribution in [3.05, 3.63) is 0 Å². The Kier molecular flexibility index (Phi) is 3.82. The smallest absolute Gasteiger partial charge is 0.0195 e. The van der Waals surface area contributed by atoms with Gasteiger partial charge in [-0.2, -0.15) is 0 Å². The van der Waals surface area contributed by atoms with Gasteiger partial charge >= 0.3 is 0 Å². The Balaban J connectivity index is 1.64. The summed E-state index contributed by atoms with van der Waals surface area (Å²) in [6, 6.07) is 0.779. The standard InChI is InChI=1S/C12H24N2/c1-14(9-11-5-2-3-6-11)10-12-7-4-8-13-12/h11-13H,2-10H2,1H3. The average molecular weight is 196 g/mol. The molecule has 0 spiro atoms. The molecule has 0 radical (unpaired) electrons. The highest BCUT2D eigenvalue weighted by molar-refractivity contribution is 4.78. The summed E-state index contributed by atoms with van der Waals surface area (Å²) >= 11 is 0. The van der Waals surface area contributed by atoms with Crippen molar-refractivity contribution in [1.29, 1.82) is 0 Å². The van der Waals surface area contributed by atoms with Gasteiger partial charge in [0.15, 0.2) is 0 Å². The van der Waals surface area contributed by atoms with E-state index in [1.165, 1.54) is 58.2 Å². The average Bonchev–Trinajstić information content (AvgIpc) is 2.76. The molecule has 0 aromatic carbocycles. The van der Waals surface area contributed by atoms with Crippen molar-refractivity contribution in [2.24, 2.45) is 5.92 Å². The van der Waals surface area contributed by atoms with Crippen molar-refractivity contribution in [1.82, 2.24) is 10.2 Å². The van der Waals surface area contributed by atoms with Crippen molar-refractivity contribution >= 4 is 0 Å². The normalized spacial score (nSPS) is 29.1. The summed E-state index contributed by atoms with van der Waals surface area (Å²) in [6.45, 7) is 3.83. The van der Waals surface area contributed by atoms with Gasteiger partial charge in [0, 0.05) is 19.1 Å². The molecule has 1 aliphatic carbocycles. The molecule has 2 rings (SSSR count). The molecule has 2 heteroatoms. The molecule has 1 heterocycles. The molecule has 0 amide bonds. The number of hydrogen-bond acceptors (Lipinski definition) is 2. The second-order valence-electron chi connectivity index (χ2n) is 5.16. The third-order valence-corrected chi connectivity index (χ3v) is 3.74. The zero-order valence-electron chi connectivity index (χ0n) is 9.47. The molecule has 1 atom stereocenters. The monoisotopic (exact) mass is 196 g/mol. The van der Waals surface area contributed by atoms with E-state index in [0.29, 0.717) is 0 Å². The zero-order chi connectivity index (χ0) is 9.80. The van der Waals surface area contributed by atoms with Crippen molar-refractivity contribution < 1.29 is 0 Å². The number of nitrogens with zero attached hydrogens (tertiary/aromatic N) is 1. The van der Waals surface area contributed by atoms with Crippen molar-refractivity contribution in [3.63, 3.8) is 0 Å². The van der Waals surface area contributed by atoms with E-state index in [0.717, 1.165) is 12.0 Å². The van der Waals surface area contributed by atoms with E-state index in [-0.39, 0.29) is 0 Å². The van der Waals surface area contributed by atoms with Crippen LogP contribution in [0.3, 0.4) is 0 Å². The van der Waals surface area contributed by atoms with Crippen LogP contribution in [0.2, 0.25) is 0 Å². The summed E-state index contributed by atoms with van der Waals surface area (Å²) in [7, 11) is 2.29. The number of rotatable bonds is 4. The van der Waals surface area contributed by atoms with Crippen LogP contribution in [0.1, 0.15) is 38.5 Å². The van der Waals surface area contributed by atoms with Crippen molar-refractivity contribution in [2.45, 2.75) is 44.6 Å². The molecule has 1 aliphatic heterocycles. The molecule has 1 saturated heterocycles. The largest absolute Gasteiger partial charge is 0.313 e. The molecule has 1 saturated carbocycles. The lowest BCUT2D eigenvalue weighted by Gasteiger charge is -2.23. The molecule has 0 bridgehead atoms. The van der Waals surface area contributed by atoms with Crippen LogP contribution in [0.4, 0.5) is 0 Å². The number of nitrogens with one attached hydrogen (secondary N) is 1. The lowest BCUT2D eigenvalue weighted by atomic mass is 10.1. The summed E-state index contributed by atoms with van der Waals surface area (Å²) in [5.74, 6) is 1.00. The Morgan fingerprint density at radius 1 is 1.07 bits per heavy atom. The SMILES string of the molecule is CN(CC1CCCC1)CC1CCCN1. The van der Waals surface area contributed by atoms with Crippen LogP contribution in [0.5, 0.6) is 0 Å². The Labute approximate surface area is 88.1 Å². The first-order valence-electron chi connectivity index (χ1n) is 6.26. The Morgan fingerprint density at radius 2 is 1.86 bits per heavy atom. The van der Waals surface area contributed by atoms with E-state index in [2.05, 4.69) is 17.3 Å². The van der Waals surface area contributed by atoms with Gasteiger partial charge in [0.05, 0.1) is 0 Å². The van der Waals surface area contributed by atoms with Crippen LogP contribution in [0.15, 0.2) is 0 Å². The lowest BCUT2D eigenvalue weighted by molar-refractivity contribution is 0.256. The van der Waals surface area contributed by atoms with Gasteiger partial charge in [0.2, 0.25) is 0 Å². The van der Waals surface area contributed by atoms with E-state index in [1.54, 1.807) is 0 Å².